The predicted octanol–water partition coefficient (Wildman–Crippen LogP) is 3.90. The van der Waals surface area contributed by atoms with Gasteiger partial charge in [-0.3, -0.25) is 0 Å². The summed E-state index contributed by atoms with van der Waals surface area (Å²) < 4.78 is 6.40. The molecule has 0 aliphatic carbocycles. The zero-order valence-electron chi connectivity index (χ0n) is 12.1. The number of halogens is 1. The van der Waals surface area contributed by atoms with E-state index in [2.05, 4.69) is 59.9 Å². The van der Waals surface area contributed by atoms with E-state index in [1.807, 2.05) is 6.07 Å². The van der Waals surface area contributed by atoms with Crippen molar-refractivity contribution in [2.45, 2.75) is 25.0 Å². The van der Waals surface area contributed by atoms with Crippen molar-refractivity contribution in [3.63, 3.8) is 0 Å². The molecule has 21 heavy (non-hydrogen) atoms. The predicted molar refractivity (Wildman–Crippen MR) is 88.7 cm³/mol. The second-order valence-electron chi connectivity index (χ2n) is 5.38. The Hall–Kier alpha value is -1.35. The molecular weight excluding hydrogens is 282 g/mol. The molecule has 0 unspecified atom stereocenters. The highest BCUT2D eigenvalue weighted by Gasteiger charge is 2.34. The first kappa shape index (κ1) is 16.0. The Balaban J connectivity index is 0.00000161. The molecule has 1 heterocycles. The molecule has 0 saturated carbocycles. The van der Waals surface area contributed by atoms with Crippen molar-refractivity contribution in [3.05, 3.63) is 71.8 Å². The minimum absolute atomic E-state index is 0. The summed E-state index contributed by atoms with van der Waals surface area (Å²) in [7, 11) is 0. The normalized spacial score (nSPS) is 17.0. The van der Waals surface area contributed by atoms with Crippen molar-refractivity contribution in [1.29, 1.82) is 0 Å². The maximum Gasteiger partial charge on any atom is 0.0960 e. The summed E-state index contributed by atoms with van der Waals surface area (Å²) in [6.07, 6.45) is 2.06. The van der Waals surface area contributed by atoms with Crippen LogP contribution in [0, 0.1) is 0 Å². The summed E-state index contributed by atoms with van der Waals surface area (Å²) in [4.78, 5) is 0. The van der Waals surface area contributed by atoms with Crippen molar-refractivity contribution in [2.24, 2.45) is 0 Å². The minimum atomic E-state index is -0.137. The number of hydrogen-bond donors (Lipinski definition) is 1. The molecule has 0 radical (unpaired) electrons. The second-order valence-corrected chi connectivity index (χ2v) is 5.38. The molecule has 0 amide bonds. The molecule has 2 aromatic carbocycles. The van der Waals surface area contributed by atoms with E-state index in [1.54, 1.807) is 0 Å². The number of nitrogens with one attached hydrogen (secondary N) is 1. The molecule has 0 spiro atoms. The first-order chi connectivity index (χ1) is 9.89. The Morgan fingerprint density at radius 1 is 0.857 bits per heavy atom. The van der Waals surface area contributed by atoms with Crippen LogP contribution in [0.2, 0.25) is 0 Å². The third-order valence-electron chi connectivity index (χ3n) is 4.07. The van der Waals surface area contributed by atoms with Crippen molar-refractivity contribution in [2.75, 3.05) is 13.1 Å². The molecular formula is C18H22ClNO. The molecule has 1 saturated heterocycles. The average molecular weight is 304 g/mol. The molecule has 2 nitrogen and oxygen atoms in total. The summed E-state index contributed by atoms with van der Waals surface area (Å²) in [5.41, 5.74) is 2.40. The van der Waals surface area contributed by atoms with Gasteiger partial charge < -0.3 is 10.1 Å². The fraction of sp³-hybridized carbons (Fsp3) is 0.333. The Labute approximate surface area is 132 Å². The van der Waals surface area contributed by atoms with Gasteiger partial charge in [-0.15, -0.1) is 12.4 Å². The zero-order valence-corrected chi connectivity index (χ0v) is 12.9. The minimum Gasteiger partial charge on any atom is -0.366 e. The van der Waals surface area contributed by atoms with E-state index in [0.29, 0.717) is 6.61 Å². The maximum absolute atomic E-state index is 6.40. The number of benzene rings is 2. The lowest BCUT2D eigenvalue weighted by Gasteiger charge is -2.38. The van der Waals surface area contributed by atoms with Gasteiger partial charge in [0.1, 0.15) is 0 Å². The van der Waals surface area contributed by atoms with Gasteiger partial charge in [-0.05, 0) is 37.1 Å². The van der Waals surface area contributed by atoms with Gasteiger partial charge in [0.25, 0.3) is 0 Å². The lowest BCUT2D eigenvalue weighted by Crippen LogP contribution is -2.41. The highest BCUT2D eigenvalue weighted by Crippen LogP contribution is 2.35. The third-order valence-corrected chi connectivity index (χ3v) is 4.07. The van der Waals surface area contributed by atoms with Gasteiger partial charge in [0.2, 0.25) is 0 Å². The summed E-state index contributed by atoms with van der Waals surface area (Å²) in [6.45, 7) is 2.71. The van der Waals surface area contributed by atoms with Gasteiger partial charge >= 0.3 is 0 Å². The van der Waals surface area contributed by atoms with E-state index < -0.39 is 0 Å². The van der Waals surface area contributed by atoms with Gasteiger partial charge in [-0.2, -0.15) is 0 Å². The average Bonchev–Trinajstić information content (AvgIpc) is 2.56. The number of piperidine rings is 1. The molecule has 1 fully saturated rings. The van der Waals surface area contributed by atoms with Gasteiger partial charge in [-0.1, -0.05) is 60.7 Å². The van der Waals surface area contributed by atoms with Gasteiger partial charge in [0.05, 0.1) is 12.2 Å². The summed E-state index contributed by atoms with van der Waals surface area (Å²) in [5.74, 6) is 0. The molecule has 0 bridgehead atoms. The van der Waals surface area contributed by atoms with E-state index >= 15 is 0 Å². The number of rotatable bonds is 4. The second kappa shape index (κ2) is 7.60. The highest BCUT2D eigenvalue weighted by molar-refractivity contribution is 5.85. The van der Waals surface area contributed by atoms with Gasteiger partial charge in [0, 0.05) is 0 Å². The SMILES string of the molecule is Cl.c1ccc(COC2(c3ccccc3)CCNCC2)cc1. The van der Waals surface area contributed by atoms with Crippen molar-refractivity contribution in [1.82, 2.24) is 5.32 Å². The standard InChI is InChI=1S/C18H21NO.ClH/c1-3-7-16(8-4-1)15-20-18(11-13-19-14-12-18)17-9-5-2-6-10-17;/h1-10,19H,11-15H2;1H. The van der Waals surface area contributed by atoms with Crippen LogP contribution in [0.1, 0.15) is 24.0 Å². The summed E-state index contributed by atoms with van der Waals surface area (Å²) in [6, 6.07) is 21.1. The molecule has 3 heteroatoms. The summed E-state index contributed by atoms with van der Waals surface area (Å²) >= 11 is 0. The van der Waals surface area contributed by atoms with Crippen LogP contribution in [0.5, 0.6) is 0 Å². The Morgan fingerprint density at radius 3 is 2.05 bits per heavy atom. The topological polar surface area (TPSA) is 21.3 Å². The summed E-state index contributed by atoms with van der Waals surface area (Å²) in [5, 5.41) is 3.43. The molecule has 1 N–H and O–H groups in total. The zero-order chi connectivity index (χ0) is 13.7. The fourth-order valence-electron chi connectivity index (χ4n) is 2.88. The largest absolute Gasteiger partial charge is 0.366 e. The lowest BCUT2D eigenvalue weighted by atomic mass is 9.84. The van der Waals surface area contributed by atoms with E-state index in [0.717, 1.165) is 25.9 Å². The van der Waals surface area contributed by atoms with Crippen LogP contribution in [0.15, 0.2) is 60.7 Å². The quantitative estimate of drug-likeness (QED) is 0.925. The smallest absolute Gasteiger partial charge is 0.0960 e. The fourth-order valence-corrected chi connectivity index (χ4v) is 2.88. The van der Waals surface area contributed by atoms with Crippen molar-refractivity contribution in [3.8, 4) is 0 Å². The van der Waals surface area contributed by atoms with E-state index in [9.17, 15) is 0 Å². The van der Waals surface area contributed by atoms with Crippen molar-refractivity contribution < 1.29 is 4.74 Å². The molecule has 1 aliphatic rings. The van der Waals surface area contributed by atoms with Crippen LogP contribution in [0.3, 0.4) is 0 Å². The molecule has 1 aliphatic heterocycles. The highest BCUT2D eigenvalue weighted by atomic mass is 35.5. The van der Waals surface area contributed by atoms with Crippen LogP contribution in [0.4, 0.5) is 0 Å². The molecule has 112 valence electrons. The third kappa shape index (κ3) is 3.85. The van der Waals surface area contributed by atoms with Crippen LogP contribution in [-0.4, -0.2) is 13.1 Å². The van der Waals surface area contributed by atoms with Crippen LogP contribution < -0.4 is 5.32 Å². The molecule has 0 aromatic heterocycles. The van der Waals surface area contributed by atoms with Crippen LogP contribution in [-0.2, 0) is 16.9 Å². The van der Waals surface area contributed by atoms with Gasteiger partial charge in [0.15, 0.2) is 0 Å². The first-order valence-electron chi connectivity index (χ1n) is 7.33. The van der Waals surface area contributed by atoms with Crippen LogP contribution >= 0.6 is 12.4 Å². The Morgan fingerprint density at radius 2 is 1.43 bits per heavy atom. The molecule has 3 rings (SSSR count). The number of hydrogen-bond acceptors (Lipinski definition) is 2. The van der Waals surface area contributed by atoms with Crippen LogP contribution in [0.25, 0.3) is 0 Å². The van der Waals surface area contributed by atoms with E-state index in [-0.39, 0.29) is 18.0 Å². The van der Waals surface area contributed by atoms with Crippen molar-refractivity contribution >= 4 is 12.4 Å². The maximum atomic E-state index is 6.40. The number of ether oxygens (including phenoxy) is 1. The first-order valence-corrected chi connectivity index (χ1v) is 7.33. The van der Waals surface area contributed by atoms with Gasteiger partial charge in [-0.25, -0.2) is 0 Å². The Bertz CT molecular complexity index is 523. The lowest BCUT2D eigenvalue weighted by molar-refractivity contribution is -0.0819. The monoisotopic (exact) mass is 303 g/mol. The van der Waals surface area contributed by atoms with E-state index in [1.165, 1.54) is 11.1 Å². The Kier molecular flexibility index (Phi) is 5.80. The molecule has 0 atom stereocenters. The van der Waals surface area contributed by atoms with E-state index in [4.69, 9.17) is 4.74 Å². The molecule has 2 aromatic rings.